The van der Waals surface area contributed by atoms with Crippen molar-refractivity contribution in [2.24, 2.45) is 23.7 Å². The van der Waals surface area contributed by atoms with Gasteiger partial charge in [0.1, 0.15) is 0 Å². The van der Waals surface area contributed by atoms with Crippen LogP contribution >= 0.6 is 0 Å². The SMILES string of the molecule is C=C(CC(C)C)[C@H]1CC2(C[C@@H]1CC(C)C)O[C@H](C)[C@@H](C)O2. The lowest BCUT2D eigenvalue weighted by molar-refractivity contribution is -0.170. The molecule has 1 saturated carbocycles. The third kappa shape index (κ3) is 3.90. The van der Waals surface area contributed by atoms with Gasteiger partial charge in [-0.2, -0.15) is 0 Å². The van der Waals surface area contributed by atoms with E-state index in [1.54, 1.807) is 0 Å². The zero-order valence-electron chi connectivity index (χ0n) is 14.8. The van der Waals surface area contributed by atoms with Gasteiger partial charge in [-0.05, 0) is 50.4 Å². The third-order valence-electron chi connectivity index (χ3n) is 5.10. The van der Waals surface area contributed by atoms with Crippen LogP contribution in [0.5, 0.6) is 0 Å². The van der Waals surface area contributed by atoms with Gasteiger partial charge < -0.3 is 9.47 Å². The largest absolute Gasteiger partial charge is 0.344 e. The summed E-state index contributed by atoms with van der Waals surface area (Å²) >= 11 is 0. The van der Waals surface area contributed by atoms with E-state index in [1.165, 1.54) is 12.0 Å². The highest BCUT2D eigenvalue weighted by Gasteiger charge is 2.53. The van der Waals surface area contributed by atoms with Crippen LogP contribution in [0.4, 0.5) is 0 Å². The van der Waals surface area contributed by atoms with Crippen LogP contribution in [-0.2, 0) is 9.47 Å². The molecule has 0 aromatic heterocycles. The Kier molecular flexibility index (Phi) is 5.20. The topological polar surface area (TPSA) is 18.5 Å². The van der Waals surface area contributed by atoms with Gasteiger partial charge in [0, 0.05) is 12.8 Å². The van der Waals surface area contributed by atoms with Crippen molar-refractivity contribution in [3.63, 3.8) is 0 Å². The van der Waals surface area contributed by atoms with Gasteiger partial charge in [0.05, 0.1) is 12.2 Å². The van der Waals surface area contributed by atoms with Crippen molar-refractivity contribution in [1.29, 1.82) is 0 Å². The van der Waals surface area contributed by atoms with Crippen molar-refractivity contribution in [2.45, 2.75) is 85.2 Å². The first-order valence-electron chi connectivity index (χ1n) is 8.75. The van der Waals surface area contributed by atoms with Crippen molar-refractivity contribution in [3.05, 3.63) is 12.2 Å². The molecule has 0 aromatic rings. The van der Waals surface area contributed by atoms with Crippen LogP contribution in [0, 0.1) is 23.7 Å². The maximum atomic E-state index is 6.26. The van der Waals surface area contributed by atoms with Crippen LogP contribution in [0.1, 0.15) is 67.2 Å². The Hall–Kier alpha value is -0.340. The van der Waals surface area contributed by atoms with Gasteiger partial charge in [-0.3, -0.25) is 0 Å². The molecule has 2 aliphatic rings. The predicted molar refractivity (Wildman–Crippen MR) is 88.1 cm³/mol. The maximum absolute atomic E-state index is 6.26. The smallest absolute Gasteiger partial charge is 0.170 e. The maximum Gasteiger partial charge on any atom is 0.170 e. The summed E-state index contributed by atoms with van der Waals surface area (Å²) in [5.74, 6) is 2.29. The molecule has 0 amide bonds. The predicted octanol–water partition coefficient (Wildman–Crippen LogP) is 5.18. The highest BCUT2D eigenvalue weighted by Crippen LogP contribution is 2.52. The van der Waals surface area contributed by atoms with Crippen molar-refractivity contribution < 1.29 is 9.47 Å². The number of allylic oxidation sites excluding steroid dienone is 1. The number of ether oxygens (including phenoxy) is 2. The number of rotatable bonds is 5. The van der Waals surface area contributed by atoms with E-state index in [2.05, 4.69) is 48.1 Å². The Labute approximate surface area is 131 Å². The van der Waals surface area contributed by atoms with E-state index in [0.717, 1.165) is 25.2 Å². The zero-order valence-corrected chi connectivity index (χ0v) is 14.8. The minimum atomic E-state index is -0.330. The van der Waals surface area contributed by atoms with Crippen molar-refractivity contribution in [1.82, 2.24) is 0 Å². The van der Waals surface area contributed by atoms with Gasteiger partial charge in [-0.25, -0.2) is 0 Å². The van der Waals surface area contributed by atoms with Crippen LogP contribution < -0.4 is 0 Å². The monoisotopic (exact) mass is 294 g/mol. The second-order valence-corrected chi connectivity index (χ2v) is 8.22. The minimum Gasteiger partial charge on any atom is -0.344 e. The first-order chi connectivity index (χ1) is 9.72. The van der Waals surface area contributed by atoms with Gasteiger partial charge >= 0.3 is 0 Å². The molecule has 1 aliphatic heterocycles. The number of hydrogen-bond donors (Lipinski definition) is 0. The fourth-order valence-corrected chi connectivity index (χ4v) is 4.22. The minimum absolute atomic E-state index is 0.210. The summed E-state index contributed by atoms with van der Waals surface area (Å²) in [6.07, 6.45) is 4.84. The Morgan fingerprint density at radius 3 is 2.10 bits per heavy atom. The standard InChI is InChI=1S/C19H34O2/c1-12(2)8-14(5)18-11-19(10-17(18)9-13(3)4)20-15(6)16(7)21-19/h12-13,15-18H,5,8-11H2,1-4,6-7H3/t15-,16-,17+,18-/m1/s1. The first-order valence-corrected chi connectivity index (χ1v) is 8.75. The Bertz CT molecular complexity index is 362. The highest BCUT2D eigenvalue weighted by atomic mass is 16.8. The van der Waals surface area contributed by atoms with E-state index in [-0.39, 0.29) is 18.0 Å². The second kappa shape index (κ2) is 6.42. The molecule has 1 aliphatic carbocycles. The van der Waals surface area contributed by atoms with E-state index in [0.29, 0.717) is 17.8 Å². The van der Waals surface area contributed by atoms with Crippen molar-refractivity contribution in [2.75, 3.05) is 0 Å². The summed E-state index contributed by atoms with van der Waals surface area (Å²) in [4.78, 5) is 0. The highest BCUT2D eigenvalue weighted by molar-refractivity contribution is 5.10. The van der Waals surface area contributed by atoms with Crippen molar-refractivity contribution in [3.8, 4) is 0 Å². The molecule has 2 rings (SSSR count). The second-order valence-electron chi connectivity index (χ2n) is 8.22. The average Bonchev–Trinajstić information content (AvgIpc) is 2.78. The fourth-order valence-electron chi connectivity index (χ4n) is 4.22. The molecular weight excluding hydrogens is 260 g/mol. The van der Waals surface area contributed by atoms with Gasteiger partial charge in [-0.1, -0.05) is 39.8 Å². The lowest BCUT2D eigenvalue weighted by Gasteiger charge is -2.24. The van der Waals surface area contributed by atoms with E-state index in [4.69, 9.17) is 9.47 Å². The molecular formula is C19H34O2. The van der Waals surface area contributed by atoms with Gasteiger partial charge in [0.2, 0.25) is 0 Å². The molecule has 21 heavy (non-hydrogen) atoms. The molecule has 2 nitrogen and oxygen atoms in total. The molecule has 0 N–H and O–H groups in total. The molecule has 0 bridgehead atoms. The molecule has 1 heterocycles. The third-order valence-corrected chi connectivity index (χ3v) is 5.10. The first kappa shape index (κ1) is 17.0. The summed E-state index contributed by atoms with van der Waals surface area (Å²) < 4.78 is 12.5. The molecule has 122 valence electrons. The average molecular weight is 294 g/mol. The van der Waals surface area contributed by atoms with Gasteiger partial charge in [0.15, 0.2) is 5.79 Å². The van der Waals surface area contributed by atoms with E-state index in [9.17, 15) is 0 Å². The molecule has 4 atom stereocenters. The van der Waals surface area contributed by atoms with E-state index < -0.39 is 0 Å². The fraction of sp³-hybridized carbons (Fsp3) is 0.895. The van der Waals surface area contributed by atoms with Crippen LogP contribution in [0.15, 0.2) is 12.2 Å². The van der Waals surface area contributed by atoms with Crippen LogP contribution in [0.2, 0.25) is 0 Å². The zero-order chi connectivity index (χ0) is 15.8. The summed E-state index contributed by atoms with van der Waals surface area (Å²) in [5, 5.41) is 0. The molecule has 1 saturated heterocycles. The van der Waals surface area contributed by atoms with Gasteiger partial charge in [0.25, 0.3) is 0 Å². The number of hydrogen-bond acceptors (Lipinski definition) is 2. The quantitative estimate of drug-likeness (QED) is 0.650. The molecule has 0 unspecified atom stereocenters. The molecule has 0 radical (unpaired) electrons. The lowest BCUT2D eigenvalue weighted by Crippen LogP contribution is -2.27. The Morgan fingerprint density at radius 1 is 1.05 bits per heavy atom. The Morgan fingerprint density at radius 2 is 1.62 bits per heavy atom. The van der Waals surface area contributed by atoms with Crippen LogP contribution in [0.3, 0.4) is 0 Å². The van der Waals surface area contributed by atoms with Crippen LogP contribution in [0.25, 0.3) is 0 Å². The summed E-state index contributed by atoms with van der Waals surface area (Å²) in [7, 11) is 0. The van der Waals surface area contributed by atoms with Crippen LogP contribution in [-0.4, -0.2) is 18.0 Å². The van der Waals surface area contributed by atoms with E-state index in [1.807, 2.05) is 0 Å². The molecule has 2 fully saturated rings. The summed E-state index contributed by atoms with van der Waals surface area (Å²) in [5.41, 5.74) is 1.41. The molecule has 1 spiro atoms. The van der Waals surface area contributed by atoms with E-state index >= 15 is 0 Å². The summed E-state index contributed by atoms with van der Waals surface area (Å²) in [6.45, 7) is 17.9. The van der Waals surface area contributed by atoms with Gasteiger partial charge in [-0.15, -0.1) is 0 Å². The summed E-state index contributed by atoms with van der Waals surface area (Å²) in [6, 6.07) is 0. The normalized spacial score (nSPS) is 35.2. The molecule has 0 aromatic carbocycles. The Balaban J connectivity index is 2.12. The van der Waals surface area contributed by atoms with Crippen molar-refractivity contribution >= 4 is 0 Å². The molecule has 2 heteroatoms. The lowest BCUT2D eigenvalue weighted by atomic mass is 9.81.